The first-order valence-corrected chi connectivity index (χ1v) is 7.21. The summed E-state index contributed by atoms with van der Waals surface area (Å²) in [4.78, 5) is 22.2. The van der Waals surface area contributed by atoms with Crippen LogP contribution in [0.4, 0.5) is 0 Å². The smallest absolute Gasteiger partial charge is 0.306 e. The predicted molar refractivity (Wildman–Crippen MR) is 78.0 cm³/mol. The molecule has 0 radical (unpaired) electrons. The Kier molecular flexibility index (Phi) is 3.41. The minimum absolute atomic E-state index is 0.252. The second-order valence-corrected chi connectivity index (χ2v) is 6.02. The van der Waals surface area contributed by atoms with Gasteiger partial charge in [0, 0.05) is 37.2 Å². The Morgan fingerprint density at radius 1 is 1.43 bits per heavy atom. The first kappa shape index (κ1) is 14.0. The van der Waals surface area contributed by atoms with E-state index in [0.717, 1.165) is 42.5 Å². The van der Waals surface area contributed by atoms with Crippen LogP contribution >= 0.6 is 0 Å². The number of carboxylic acid groups (broad SMARTS) is 1. The highest BCUT2D eigenvalue weighted by atomic mass is 16.4. The molecule has 0 spiro atoms. The summed E-state index contributed by atoms with van der Waals surface area (Å²) in [7, 11) is 0. The fraction of sp³-hybridized carbons (Fsp3) is 0.533. The maximum atomic E-state index is 10.9. The van der Waals surface area contributed by atoms with Crippen molar-refractivity contribution >= 4 is 11.7 Å². The summed E-state index contributed by atoms with van der Waals surface area (Å²) < 4.78 is 2.00. The topological polar surface area (TPSA) is 70.7 Å². The summed E-state index contributed by atoms with van der Waals surface area (Å²) in [6.07, 6.45) is 2.02. The van der Waals surface area contributed by atoms with Crippen molar-refractivity contribution < 1.29 is 9.90 Å². The van der Waals surface area contributed by atoms with Crippen LogP contribution in [0.3, 0.4) is 0 Å². The molecule has 112 valence electrons. The van der Waals surface area contributed by atoms with Gasteiger partial charge in [0.1, 0.15) is 0 Å². The zero-order chi connectivity index (χ0) is 15.1. The lowest BCUT2D eigenvalue weighted by Gasteiger charge is -2.40. The third-order valence-corrected chi connectivity index (χ3v) is 4.28. The van der Waals surface area contributed by atoms with Crippen molar-refractivity contribution in [2.45, 2.75) is 27.3 Å². The molecule has 1 fully saturated rings. The number of nitrogens with zero attached hydrogens (tertiary/aromatic N) is 4. The van der Waals surface area contributed by atoms with Crippen LogP contribution in [0.1, 0.15) is 24.0 Å². The molecule has 6 heteroatoms. The second kappa shape index (κ2) is 5.11. The largest absolute Gasteiger partial charge is 0.481 e. The van der Waals surface area contributed by atoms with Crippen LogP contribution in [-0.2, 0) is 11.3 Å². The second-order valence-electron chi connectivity index (χ2n) is 6.02. The predicted octanol–water partition coefficient (Wildman–Crippen LogP) is 1.50. The fourth-order valence-electron chi connectivity index (χ4n) is 2.88. The molecule has 1 N–H and O–H groups in total. The molecule has 0 aromatic carbocycles. The molecule has 1 aliphatic heterocycles. The summed E-state index contributed by atoms with van der Waals surface area (Å²) in [5, 5.41) is 9.00. The van der Waals surface area contributed by atoms with E-state index in [4.69, 9.17) is 5.11 Å². The van der Waals surface area contributed by atoms with Crippen molar-refractivity contribution in [2.75, 3.05) is 13.1 Å². The molecule has 6 nitrogen and oxygen atoms in total. The highest BCUT2D eigenvalue weighted by Gasteiger charge is 2.34. The Morgan fingerprint density at radius 2 is 2.14 bits per heavy atom. The number of likely N-dealkylation sites (tertiary alicyclic amines) is 1. The molecular weight excluding hydrogens is 268 g/mol. The van der Waals surface area contributed by atoms with Crippen molar-refractivity contribution in [1.29, 1.82) is 0 Å². The Bertz CT molecular complexity index is 688. The van der Waals surface area contributed by atoms with Gasteiger partial charge in [0.15, 0.2) is 0 Å². The number of fused-ring (bicyclic) bond motifs is 1. The van der Waals surface area contributed by atoms with Crippen molar-refractivity contribution in [3.63, 3.8) is 0 Å². The van der Waals surface area contributed by atoms with Crippen molar-refractivity contribution in [3.05, 3.63) is 29.3 Å². The summed E-state index contributed by atoms with van der Waals surface area (Å²) in [5.74, 6) is 0.0108. The van der Waals surface area contributed by atoms with Gasteiger partial charge in [-0.2, -0.15) is 0 Å². The van der Waals surface area contributed by atoms with E-state index in [2.05, 4.69) is 14.9 Å². The minimum atomic E-state index is -0.706. The van der Waals surface area contributed by atoms with Crippen LogP contribution in [0, 0.1) is 25.7 Å². The number of carboxylic acids is 1. The Balaban J connectivity index is 1.67. The average molecular weight is 288 g/mol. The zero-order valence-electron chi connectivity index (χ0n) is 12.6. The quantitative estimate of drug-likeness (QED) is 0.923. The van der Waals surface area contributed by atoms with Crippen LogP contribution in [0.5, 0.6) is 0 Å². The third-order valence-electron chi connectivity index (χ3n) is 4.28. The number of carbonyl (C=O) groups is 1. The van der Waals surface area contributed by atoms with E-state index in [9.17, 15) is 4.79 Å². The minimum Gasteiger partial charge on any atom is -0.481 e. The lowest BCUT2D eigenvalue weighted by atomic mass is 9.87. The van der Waals surface area contributed by atoms with E-state index in [-0.39, 0.29) is 11.8 Å². The molecule has 0 bridgehead atoms. The van der Waals surface area contributed by atoms with Gasteiger partial charge < -0.3 is 5.11 Å². The lowest BCUT2D eigenvalue weighted by molar-refractivity contribution is -0.145. The van der Waals surface area contributed by atoms with Gasteiger partial charge >= 0.3 is 5.97 Å². The molecule has 1 unspecified atom stereocenters. The molecule has 3 heterocycles. The molecule has 0 aliphatic carbocycles. The van der Waals surface area contributed by atoms with E-state index in [1.54, 1.807) is 6.92 Å². The van der Waals surface area contributed by atoms with Crippen LogP contribution in [0.2, 0.25) is 0 Å². The van der Waals surface area contributed by atoms with Gasteiger partial charge in [0.25, 0.3) is 0 Å². The first-order chi connectivity index (χ1) is 9.94. The number of imidazole rings is 1. The molecule has 3 rings (SSSR count). The van der Waals surface area contributed by atoms with Gasteiger partial charge in [-0.15, -0.1) is 0 Å². The van der Waals surface area contributed by atoms with Gasteiger partial charge in [-0.1, -0.05) is 6.92 Å². The van der Waals surface area contributed by atoms with Gasteiger partial charge in [-0.3, -0.25) is 14.1 Å². The van der Waals surface area contributed by atoms with Crippen molar-refractivity contribution in [1.82, 2.24) is 19.3 Å². The lowest BCUT2D eigenvalue weighted by Crippen LogP contribution is -2.50. The van der Waals surface area contributed by atoms with E-state index in [1.165, 1.54) is 0 Å². The number of rotatable bonds is 4. The SMILES string of the molecule is Cc1cc(C)n2cc(CN3CC(C(C)C(=O)O)C3)nc2n1. The maximum absolute atomic E-state index is 10.9. The van der Waals surface area contributed by atoms with Crippen LogP contribution < -0.4 is 0 Å². The van der Waals surface area contributed by atoms with Crippen molar-refractivity contribution in [2.24, 2.45) is 11.8 Å². The molecule has 0 saturated carbocycles. The Morgan fingerprint density at radius 3 is 2.81 bits per heavy atom. The Hall–Kier alpha value is -1.95. The fourth-order valence-corrected chi connectivity index (χ4v) is 2.88. The number of aliphatic carboxylic acids is 1. The van der Waals surface area contributed by atoms with E-state index in [0.29, 0.717) is 0 Å². The standard InChI is InChI=1S/C15H20N4O2/c1-9-4-10(2)19-8-13(17-15(19)16-9)7-18-5-12(6-18)11(3)14(20)21/h4,8,11-12H,5-7H2,1-3H3,(H,20,21). The average Bonchev–Trinajstić information content (AvgIpc) is 2.75. The summed E-state index contributed by atoms with van der Waals surface area (Å²) in [5.41, 5.74) is 3.08. The van der Waals surface area contributed by atoms with Crippen LogP contribution in [0.15, 0.2) is 12.3 Å². The third kappa shape index (κ3) is 2.63. The van der Waals surface area contributed by atoms with Crippen molar-refractivity contribution in [3.8, 4) is 0 Å². The monoisotopic (exact) mass is 288 g/mol. The molecule has 2 aromatic rings. The van der Waals surface area contributed by atoms with Gasteiger partial charge in [0.2, 0.25) is 5.78 Å². The van der Waals surface area contributed by atoms with E-state index >= 15 is 0 Å². The first-order valence-electron chi connectivity index (χ1n) is 7.21. The molecule has 1 saturated heterocycles. The molecule has 2 aromatic heterocycles. The van der Waals surface area contributed by atoms with E-state index < -0.39 is 5.97 Å². The van der Waals surface area contributed by atoms with E-state index in [1.807, 2.05) is 30.5 Å². The Labute approximate surface area is 123 Å². The molecule has 0 amide bonds. The van der Waals surface area contributed by atoms with Gasteiger partial charge in [0.05, 0.1) is 11.6 Å². The number of aryl methyl sites for hydroxylation is 2. The van der Waals surface area contributed by atoms with Crippen LogP contribution in [0.25, 0.3) is 5.78 Å². The van der Waals surface area contributed by atoms with Gasteiger partial charge in [-0.05, 0) is 25.8 Å². The molecule has 1 aliphatic rings. The highest BCUT2D eigenvalue weighted by molar-refractivity contribution is 5.70. The number of aromatic nitrogens is 3. The molecular formula is C15H20N4O2. The normalized spacial score (nSPS) is 17.9. The molecule has 21 heavy (non-hydrogen) atoms. The summed E-state index contributed by atoms with van der Waals surface area (Å²) in [6.45, 7) is 8.20. The summed E-state index contributed by atoms with van der Waals surface area (Å²) >= 11 is 0. The number of hydrogen-bond donors (Lipinski definition) is 1. The highest BCUT2D eigenvalue weighted by Crippen LogP contribution is 2.25. The van der Waals surface area contributed by atoms with Gasteiger partial charge in [-0.25, -0.2) is 9.97 Å². The zero-order valence-corrected chi connectivity index (χ0v) is 12.6. The molecule has 1 atom stereocenters. The summed E-state index contributed by atoms with van der Waals surface area (Å²) in [6, 6.07) is 2.03. The number of hydrogen-bond acceptors (Lipinski definition) is 4. The maximum Gasteiger partial charge on any atom is 0.306 e. The van der Waals surface area contributed by atoms with Crippen LogP contribution in [-0.4, -0.2) is 43.4 Å².